The number of hydrogen-bond acceptors (Lipinski definition) is 7. The Balaban J connectivity index is 1.33. The van der Waals surface area contributed by atoms with Crippen LogP contribution in [0.25, 0.3) is 0 Å². The molecule has 2 N–H and O–H groups in total. The second-order valence-electron chi connectivity index (χ2n) is 11.4. The fraction of sp³-hybridized carbons (Fsp3) is 0.586. The normalized spacial score (nSPS) is 27.2. The van der Waals surface area contributed by atoms with Crippen molar-refractivity contribution in [1.82, 2.24) is 14.9 Å². The van der Waals surface area contributed by atoms with Crippen LogP contribution in [0, 0.1) is 23.2 Å². The number of nitrogens with one attached hydrogen (secondary N) is 2. The van der Waals surface area contributed by atoms with Gasteiger partial charge < -0.3 is 15.0 Å². The van der Waals surface area contributed by atoms with E-state index in [2.05, 4.69) is 22.7 Å². The number of benzene rings is 1. The molecular formula is C29H36N4O6S. The average molecular weight is 569 g/mol. The van der Waals surface area contributed by atoms with Gasteiger partial charge in [-0.25, -0.2) is 8.42 Å². The lowest BCUT2D eigenvalue weighted by Gasteiger charge is -2.34. The summed E-state index contributed by atoms with van der Waals surface area (Å²) in [5.74, 6) is -1.51. The van der Waals surface area contributed by atoms with E-state index in [1.54, 1.807) is 35.2 Å². The Hall–Kier alpha value is -3.39. The third kappa shape index (κ3) is 5.73. The molecule has 5 rings (SSSR count). The van der Waals surface area contributed by atoms with Crippen molar-refractivity contribution in [2.75, 3.05) is 6.54 Å². The number of likely N-dealkylation sites (tertiary alicyclic amines) is 1. The fourth-order valence-electron chi connectivity index (χ4n) is 6.06. The molecule has 0 spiro atoms. The van der Waals surface area contributed by atoms with E-state index in [0.717, 1.165) is 32.1 Å². The van der Waals surface area contributed by atoms with Gasteiger partial charge >= 0.3 is 0 Å². The van der Waals surface area contributed by atoms with E-state index >= 15 is 0 Å². The maximum absolute atomic E-state index is 14.0. The number of carbonyl (C=O) groups is 3. The zero-order valence-electron chi connectivity index (χ0n) is 22.5. The molecule has 3 saturated carbocycles. The number of nitriles is 1. The van der Waals surface area contributed by atoms with Crippen LogP contribution >= 0.6 is 0 Å². The number of rotatable bonds is 10. The molecule has 11 heteroatoms. The molecule has 0 unspecified atom stereocenters. The van der Waals surface area contributed by atoms with Crippen LogP contribution in [0.5, 0.6) is 5.75 Å². The number of nitrogens with zero attached hydrogens (tertiary/aromatic N) is 2. The first kappa shape index (κ1) is 28.1. The summed E-state index contributed by atoms with van der Waals surface area (Å²) in [6.07, 6.45) is 7.80. The maximum atomic E-state index is 14.0. The van der Waals surface area contributed by atoms with Gasteiger partial charge in [-0.15, -0.1) is 6.58 Å². The lowest BCUT2D eigenvalue weighted by molar-refractivity contribution is -0.147. The lowest BCUT2D eigenvalue weighted by atomic mass is 9.84. The van der Waals surface area contributed by atoms with Gasteiger partial charge in [0.15, 0.2) is 6.10 Å². The molecule has 3 amide bonds. The van der Waals surface area contributed by atoms with Crippen LogP contribution in [-0.4, -0.2) is 60.5 Å². The third-order valence-electron chi connectivity index (χ3n) is 8.63. The summed E-state index contributed by atoms with van der Waals surface area (Å²) in [5, 5.41) is 11.5. The second-order valence-corrected chi connectivity index (χ2v) is 13.4. The van der Waals surface area contributed by atoms with E-state index < -0.39 is 50.7 Å². The first-order valence-corrected chi connectivity index (χ1v) is 15.7. The number of amides is 3. The highest BCUT2D eigenvalue weighted by atomic mass is 32.2. The van der Waals surface area contributed by atoms with Crippen LogP contribution < -0.4 is 14.8 Å². The highest BCUT2D eigenvalue weighted by molar-refractivity contribution is 7.91. The van der Waals surface area contributed by atoms with Crippen LogP contribution in [0.2, 0.25) is 0 Å². The molecule has 0 radical (unpaired) electrons. The maximum Gasteiger partial charge on any atom is 0.264 e. The fourth-order valence-corrected chi connectivity index (χ4v) is 7.42. The minimum absolute atomic E-state index is 0.0189. The van der Waals surface area contributed by atoms with E-state index in [9.17, 15) is 28.1 Å². The number of ether oxygens (including phenoxy) is 1. The summed E-state index contributed by atoms with van der Waals surface area (Å²) in [7, 11) is -3.79. The monoisotopic (exact) mass is 568 g/mol. The van der Waals surface area contributed by atoms with Crippen LogP contribution in [0.1, 0.15) is 69.8 Å². The van der Waals surface area contributed by atoms with Crippen molar-refractivity contribution in [3.8, 4) is 11.8 Å². The Morgan fingerprint density at radius 1 is 1.12 bits per heavy atom. The smallest absolute Gasteiger partial charge is 0.264 e. The Labute approximate surface area is 235 Å². The van der Waals surface area contributed by atoms with E-state index in [4.69, 9.17) is 4.74 Å². The molecule has 40 heavy (non-hydrogen) atoms. The van der Waals surface area contributed by atoms with E-state index in [-0.39, 0.29) is 18.2 Å². The van der Waals surface area contributed by atoms with E-state index in [1.807, 2.05) is 0 Å². The highest BCUT2D eigenvalue weighted by Crippen LogP contribution is 2.45. The first-order chi connectivity index (χ1) is 19.2. The van der Waals surface area contributed by atoms with Crippen molar-refractivity contribution >= 4 is 27.7 Å². The molecule has 0 aromatic heterocycles. The standard InChI is InChI=1S/C29H36N4O6S/c1-2-21-17-29(21,28(36)32-40(37,38)23-13-14-23)31-26(34)24-12-7-15-33(24)27(35)25(20-9-4-3-5-10-20)39-22-11-6-8-19(16-22)18-30/h2,6,8,11,16,20-21,23-25H,1,3-5,7,9-10,12-15,17H2,(H,31,34)(H,32,36)/t21-,24+,25+,29-/m1/s1. The number of carbonyl (C=O) groups excluding carboxylic acids is 3. The molecular weight excluding hydrogens is 532 g/mol. The molecule has 1 aromatic rings. The number of hydrogen-bond donors (Lipinski definition) is 2. The van der Waals surface area contributed by atoms with Crippen LogP contribution in [0.4, 0.5) is 0 Å². The Bertz CT molecular complexity index is 1330. The predicted octanol–water partition coefficient (Wildman–Crippen LogP) is 2.55. The molecule has 10 nitrogen and oxygen atoms in total. The van der Waals surface area contributed by atoms with Gasteiger partial charge in [0.05, 0.1) is 16.9 Å². The van der Waals surface area contributed by atoms with Gasteiger partial charge in [0.2, 0.25) is 15.9 Å². The molecule has 4 fully saturated rings. The number of sulfonamides is 1. The van der Waals surface area contributed by atoms with Crippen LogP contribution in [0.3, 0.4) is 0 Å². The van der Waals surface area contributed by atoms with Crippen molar-refractivity contribution in [2.24, 2.45) is 11.8 Å². The molecule has 1 aromatic carbocycles. The minimum atomic E-state index is -3.79. The Morgan fingerprint density at radius 3 is 2.52 bits per heavy atom. The van der Waals surface area contributed by atoms with Crippen molar-refractivity contribution in [1.29, 1.82) is 5.26 Å². The van der Waals surface area contributed by atoms with Crippen molar-refractivity contribution in [3.05, 3.63) is 42.5 Å². The lowest BCUT2D eigenvalue weighted by Crippen LogP contribution is -2.58. The van der Waals surface area contributed by atoms with Gasteiger partial charge in [0.25, 0.3) is 11.8 Å². The Morgan fingerprint density at radius 2 is 1.88 bits per heavy atom. The summed E-state index contributed by atoms with van der Waals surface area (Å²) in [6, 6.07) is 8.00. The van der Waals surface area contributed by atoms with Gasteiger partial charge in [-0.1, -0.05) is 31.4 Å². The first-order valence-electron chi connectivity index (χ1n) is 14.2. The summed E-state index contributed by atoms with van der Waals surface area (Å²) >= 11 is 0. The summed E-state index contributed by atoms with van der Waals surface area (Å²) in [4.78, 5) is 42.2. The summed E-state index contributed by atoms with van der Waals surface area (Å²) < 4.78 is 33.2. The predicted molar refractivity (Wildman–Crippen MR) is 146 cm³/mol. The van der Waals surface area contributed by atoms with Crippen molar-refractivity contribution in [3.63, 3.8) is 0 Å². The Kier molecular flexibility index (Phi) is 7.91. The largest absolute Gasteiger partial charge is 0.480 e. The zero-order chi connectivity index (χ0) is 28.5. The van der Waals surface area contributed by atoms with Gasteiger partial charge in [0, 0.05) is 18.4 Å². The van der Waals surface area contributed by atoms with Crippen molar-refractivity contribution < 1.29 is 27.5 Å². The minimum Gasteiger partial charge on any atom is -0.480 e. The highest BCUT2D eigenvalue weighted by Gasteiger charge is 2.61. The van der Waals surface area contributed by atoms with E-state index in [1.165, 1.54) is 0 Å². The van der Waals surface area contributed by atoms with Gasteiger partial charge in [-0.2, -0.15) is 5.26 Å². The van der Waals surface area contributed by atoms with Gasteiger partial charge in [-0.3, -0.25) is 19.1 Å². The molecule has 0 bridgehead atoms. The average Bonchev–Trinajstić information content (AvgIpc) is 3.88. The molecule has 1 saturated heterocycles. The summed E-state index contributed by atoms with van der Waals surface area (Å²) in [6.45, 7) is 4.11. The van der Waals surface area contributed by atoms with E-state index in [0.29, 0.717) is 43.5 Å². The third-order valence-corrected chi connectivity index (χ3v) is 10.5. The molecule has 4 atom stereocenters. The molecule has 1 aliphatic heterocycles. The topological polar surface area (TPSA) is 146 Å². The van der Waals surface area contributed by atoms with Crippen LogP contribution in [-0.2, 0) is 24.4 Å². The molecule has 3 aliphatic carbocycles. The quantitative estimate of drug-likeness (QED) is 0.413. The molecule has 214 valence electrons. The van der Waals surface area contributed by atoms with Gasteiger partial charge in [0.1, 0.15) is 17.3 Å². The molecule has 1 heterocycles. The van der Waals surface area contributed by atoms with Gasteiger partial charge in [-0.05, 0) is 63.1 Å². The molecule has 4 aliphatic rings. The second kappa shape index (κ2) is 11.2. The summed E-state index contributed by atoms with van der Waals surface area (Å²) in [5.41, 5.74) is -0.964. The van der Waals surface area contributed by atoms with Crippen molar-refractivity contribution in [2.45, 2.75) is 87.1 Å². The van der Waals surface area contributed by atoms with Crippen LogP contribution in [0.15, 0.2) is 36.9 Å². The SMILES string of the molecule is C=C[C@@H]1C[C@]1(NC(=O)[C@@H]1CCCN1C(=O)[C@@H](Oc1cccc(C#N)c1)C1CCCCC1)C(=O)NS(=O)(=O)C1CC1. The zero-order valence-corrected chi connectivity index (χ0v) is 23.3.